The number of hydrogen-bond acceptors (Lipinski definition) is 9. The number of hydrogen-bond donors (Lipinski definition) is 0. The van der Waals surface area contributed by atoms with E-state index >= 15 is 35.9 Å². The molecule has 0 bridgehead atoms. The summed E-state index contributed by atoms with van der Waals surface area (Å²) < 4.78 is 112. The van der Waals surface area contributed by atoms with Crippen LogP contribution in [0.25, 0.3) is 0 Å². The van der Waals surface area contributed by atoms with Crippen LogP contribution in [0.15, 0.2) is 249 Å². The number of Topliss-reactive ketones (excluding diaryl/α,β-unsaturated/α-hetero) is 2. The van der Waals surface area contributed by atoms with Crippen LogP contribution in [0.4, 0.5) is 37.7 Å². The molecule has 0 saturated carbocycles. The van der Waals surface area contributed by atoms with Gasteiger partial charge < -0.3 is 0 Å². The van der Waals surface area contributed by atoms with Gasteiger partial charge in [0.2, 0.25) is 0 Å². The van der Waals surface area contributed by atoms with Gasteiger partial charge in [-0.25, -0.2) is 0 Å². The Morgan fingerprint density at radius 1 is 0.400 bits per heavy atom. The van der Waals surface area contributed by atoms with Crippen molar-refractivity contribution in [3.05, 3.63) is 291 Å². The molecule has 11 nitrogen and oxygen atoms in total. The van der Waals surface area contributed by atoms with Gasteiger partial charge in [0, 0.05) is 0 Å². The zero-order valence-corrected chi connectivity index (χ0v) is 43.7. The Bertz CT molecular complexity index is 3290. The number of nitro benzene ring substituents is 2. The Kier molecular flexibility index (Phi) is 15.6. The molecule has 0 radical (unpaired) electrons. The van der Waals surface area contributed by atoms with Crippen molar-refractivity contribution >= 4 is 75.8 Å². The third-order valence-corrected chi connectivity index (χ3v) is 25.3. The summed E-state index contributed by atoms with van der Waals surface area (Å²) in [6, 6.07) is 59.5. The molecule has 0 aromatic heterocycles. The van der Waals surface area contributed by atoms with Crippen LogP contribution in [0, 0.1) is 20.2 Å². The molecule has 0 saturated heterocycles. The van der Waals surface area contributed by atoms with Crippen molar-refractivity contribution in [1.82, 2.24) is 0 Å². The molecule has 20 heteroatoms. The van der Waals surface area contributed by atoms with Crippen LogP contribution in [0.1, 0.15) is 31.8 Å². The first-order chi connectivity index (χ1) is 38.3. The molecule has 0 N–H and O–H groups in total. The molecule has 9 rings (SSSR count). The van der Waals surface area contributed by atoms with Crippen molar-refractivity contribution in [2.75, 3.05) is 12.3 Å². The average Bonchev–Trinajstić information content (AvgIpc) is 3.53. The molecule has 0 unspecified atom stereocenters. The average molecular weight is 1120 g/mol. The third kappa shape index (κ3) is 10.3. The van der Waals surface area contributed by atoms with Crippen LogP contribution in [0.3, 0.4) is 0 Å². The number of benzene rings is 9. The topological polar surface area (TPSA) is 148 Å². The number of ketones is 2. The van der Waals surface area contributed by atoms with Gasteiger partial charge in [-0.05, 0) is 0 Å². The normalized spacial score (nSPS) is 12.9. The molecule has 0 aliphatic rings. The second-order valence-corrected chi connectivity index (χ2v) is 27.5. The second-order valence-electron chi connectivity index (χ2n) is 18.5. The first-order valence-corrected chi connectivity index (χ1v) is 29.2. The number of nitro groups is 2. The van der Waals surface area contributed by atoms with E-state index in [1.807, 2.05) is 0 Å². The Labute approximate surface area is 454 Å². The summed E-state index contributed by atoms with van der Waals surface area (Å²) in [5.74, 6) is -2.87. The molecule has 404 valence electrons. The standard InChI is InChI=1S/C60H45BF6N2O9P2/c62-59(63,64)44-39-45(60(65,66)67)41-46(40-44)76-61(77-79(47-23-7-1-8-24-47,48-25-9-2-10-26-48,49-27-11-3-12-28-49)42-57(70)53-35-19-21-37-55(53)68(72)73)78-80(50-29-13-4-14-30-50,51-31-15-5-16-32-51,52-33-17-6-18-34-52)43-58(71)54-36-20-22-38-56(54)69(74)75/h1-41H,42-43H2. The molecule has 0 aliphatic carbocycles. The summed E-state index contributed by atoms with van der Waals surface area (Å²) in [4.78, 5) is 55.6. The molecular weight excluding hydrogens is 1080 g/mol. The van der Waals surface area contributed by atoms with Crippen molar-refractivity contribution in [3.63, 3.8) is 0 Å². The van der Waals surface area contributed by atoms with Gasteiger partial charge >= 0.3 is 457 Å². The molecule has 0 aliphatic heterocycles. The summed E-state index contributed by atoms with van der Waals surface area (Å²) in [5, 5.41) is 26.8. The van der Waals surface area contributed by atoms with Gasteiger partial charge in [0.25, 0.3) is 0 Å². The number of carbonyl (C=O) groups is 2. The summed E-state index contributed by atoms with van der Waals surface area (Å²) >= 11 is 0. The van der Waals surface area contributed by atoms with Crippen molar-refractivity contribution < 1.29 is 59.3 Å². The number of halogens is 6. The monoisotopic (exact) mass is 1120 g/mol. The second kappa shape index (κ2) is 22.2. The van der Waals surface area contributed by atoms with E-state index < -0.39 is 95.3 Å². The summed E-state index contributed by atoms with van der Waals surface area (Å²) in [7, 11) is -2.65. The fourth-order valence-corrected chi connectivity index (χ4v) is 21.4. The molecule has 0 fully saturated rings. The molecule has 9 aromatic carbocycles. The van der Waals surface area contributed by atoms with Crippen molar-refractivity contribution in [2.24, 2.45) is 0 Å². The molecule has 0 spiro atoms. The maximum absolute atomic E-state index is 15.8. The van der Waals surface area contributed by atoms with E-state index in [4.69, 9.17) is 13.5 Å². The van der Waals surface area contributed by atoms with Crippen molar-refractivity contribution in [3.8, 4) is 5.75 Å². The molecule has 0 atom stereocenters. The number of para-hydroxylation sites is 2. The van der Waals surface area contributed by atoms with E-state index in [2.05, 4.69) is 0 Å². The maximum atomic E-state index is 15.8. The minimum absolute atomic E-state index is 0.0870. The Hall–Kier alpha value is -8.66. The van der Waals surface area contributed by atoms with Crippen molar-refractivity contribution in [1.29, 1.82) is 0 Å². The van der Waals surface area contributed by atoms with Crippen LogP contribution in [0.5, 0.6) is 5.75 Å². The van der Waals surface area contributed by atoms with E-state index in [9.17, 15) is 20.2 Å². The van der Waals surface area contributed by atoms with Gasteiger partial charge in [-0.3, -0.25) is 0 Å². The molecule has 0 amide bonds. The van der Waals surface area contributed by atoms with Crippen molar-refractivity contribution in [2.45, 2.75) is 12.4 Å². The van der Waals surface area contributed by atoms with Crippen LogP contribution in [-0.4, -0.2) is 41.1 Å². The van der Waals surface area contributed by atoms with Gasteiger partial charge in [-0.2, -0.15) is 0 Å². The van der Waals surface area contributed by atoms with Crippen LogP contribution >= 0.6 is 13.7 Å². The van der Waals surface area contributed by atoms with E-state index in [-0.39, 0.29) is 49.0 Å². The van der Waals surface area contributed by atoms with E-state index in [0.29, 0.717) is 12.1 Å². The Morgan fingerprint density at radius 2 is 0.650 bits per heavy atom. The predicted octanol–water partition coefficient (Wildman–Crippen LogP) is 12.6. The number of rotatable bonds is 20. The van der Waals surface area contributed by atoms with E-state index in [1.165, 1.54) is 36.4 Å². The summed E-state index contributed by atoms with van der Waals surface area (Å²) in [6.45, 7) is -11.3. The molecule has 9 aromatic rings. The van der Waals surface area contributed by atoms with Gasteiger partial charge in [-0.1, -0.05) is 0 Å². The summed E-state index contributed by atoms with van der Waals surface area (Å²) in [5.41, 5.74) is -5.50. The van der Waals surface area contributed by atoms with Crippen LogP contribution in [-0.2, 0) is 21.2 Å². The molecule has 80 heavy (non-hydrogen) atoms. The minimum atomic E-state index is -5.65. The van der Waals surface area contributed by atoms with E-state index in [1.54, 1.807) is 182 Å². The molecular formula is C60H45BF6N2O9P2. The van der Waals surface area contributed by atoms with Gasteiger partial charge in [0.15, 0.2) is 0 Å². The summed E-state index contributed by atoms with van der Waals surface area (Å²) in [6.07, 6.45) is -12.5. The zero-order valence-electron chi connectivity index (χ0n) is 41.9. The predicted molar refractivity (Wildman–Crippen MR) is 300 cm³/mol. The molecule has 0 heterocycles. The van der Waals surface area contributed by atoms with Crippen LogP contribution < -0.4 is 36.5 Å². The first kappa shape index (κ1) is 56.1. The van der Waals surface area contributed by atoms with Gasteiger partial charge in [0.05, 0.1) is 0 Å². The Balaban J connectivity index is 1.49. The first-order valence-electron chi connectivity index (χ1n) is 24.5. The Morgan fingerprint density at radius 3 is 0.900 bits per heavy atom. The zero-order chi connectivity index (χ0) is 56.8. The third-order valence-electron chi connectivity index (χ3n) is 13.9. The number of nitrogens with zero attached hydrogens (tertiary/aromatic N) is 2. The fraction of sp³-hybridized carbons (Fsp3) is 0.0667. The van der Waals surface area contributed by atoms with Gasteiger partial charge in [-0.15, -0.1) is 0 Å². The van der Waals surface area contributed by atoms with E-state index in [0.717, 1.165) is 12.1 Å². The number of alkyl halides is 6. The fourth-order valence-electron chi connectivity index (χ4n) is 10.3. The SMILES string of the molecule is O=C(CP(OB(Oc1cc(C(F)(F)F)cc(C(F)(F)F)c1)OP(CC(=O)c1ccccc1[N+](=O)[O-])(c1ccccc1)(c1ccccc1)c1ccccc1)(c1ccccc1)(c1ccccc1)c1ccccc1)c1ccccc1[N+](=O)[O-]. The van der Waals surface area contributed by atoms with Gasteiger partial charge in [0.1, 0.15) is 0 Å². The quantitative estimate of drug-likeness (QED) is 0.0182. The number of carbonyl (C=O) groups excluding carboxylic acids is 2. The van der Waals surface area contributed by atoms with Crippen LogP contribution in [0.2, 0.25) is 0 Å².